The van der Waals surface area contributed by atoms with E-state index in [1.165, 1.54) is 12.4 Å². The van der Waals surface area contributed by atoms with E-state index in [9.17, 15) is 9.59 Å². The van der Waals surface area contributed by atoms with Crippen LogP contribution in [0.3, 0.4) is 0 Å². The summed E-state index contributed by atoms with van der Waals surface area (Å²) in [7, 11) is 0. The molecule has 2 rings (SSSR count). The largest absolute Gasteiger partial charge is 0.349 e. The molecule has 0 spiro atoms. The topological polar surface area (TPSA) is 101 Å². The summed E-state index contributed by atoms with van der Waals surface area (Å²) in [4.78, 5) is 34.0. The SMILES string of the molecule is Cc1ncc(C(=O)NC(C)C2CCN(C(=O)C(C)N)CC2)cn1. The van der Waals surface area contributed by atoms with Gasteiger partial charge in [-0.15, -0.1) is 0 Å². The summed E-state index contributed by atoms with van der Waals surface area (Å²) in [6.07, 6.45) is 4.80. The zero-order chi connectivity index (χ0) is 17.0. The average Bonchev–Trinajstić information content (AvgIpc) is 2.54. The van der Waals surface area contributed by atoms with Gasteiger partial charge in [0, 0.05) is 31.5 Å². The highest BCUT2D eigenvalue weighted by Crippen LogP contribution is 2.21. The maximum Gasteiger partial charge on any atom is 0.254 e. The van der Waals surface area contributed by atoms with E-state index < -0.39 is 6.04 Å². The first-order valence-electron chi connectivity index (χ1n) is 8.02. The second-order valence-corrected chi connectivity index (χ2v) is 6.23. The molecule has 0 aromatic carbocycles. The first-order valence-corrected chi connectivity index (χ1v) is 8.02. The van der Waals surface area contributed by atoms with Crippen LogP contribution in [0, 0.1) is 12.8 Å². The van der Waals surface area contributed by atoms with Crippen molar-refractivity contribution in [2.75, 3.05) is 13.1 Å². The maximum absolute atomic E-state index is 12.2. The number of aromatic nitrogens is 2. The van der Waals surface area contributed by atoms with Gasteiger partial charge in [-0.3, -0.25) is 9.59 Å². The van der Waals surface area contributed by atoms with Crippen molar-refractivity contribution in [3.05, 3.63) is 23.8 Å². The second kappa shape index (κ2) is 7.50. The molecule has 2 heterocycles. The van der Waals surface area contributed by atoms with Gasteiger partial charge in [-0.1, -0.05) is 0 Å². The highest BCUT2D eigenvalue weighted by atomic mass is 16.2. The smallest absolute Gasteiger partial charge is 0.254 e. The Hall–Kier alpha value is -2.02. The number of rotatable bonds is 4. The van der Waals surface area contributed by atoms with Crippen molar-refractivity contribution in [1.29, 1.82) is 0 Å². The summed E-state index contributed by atoms with van der Waals surface area (Å²) >= 11 is 0. The number of nitrogens with one attached hydrogen (secondary N) is 1. The molecule has 0 saturated carbocycles. The second-order valence-electron chi connectivity index (χ2n) is 6.23. The van der Waals surface area contributed by atoms with Gasteiger partial charge in [-0.2, -0.15) is 0 Å². The lowest BCUT2D eigenvalue weighted by Crippen LogP contribution is -2.49. The van der Waals surface area contributed by atoms with Crippen LogP contribution >= 0.6 is 0 Å². The third-order valence-corrected chi connectivity index (χ3v) is 4.35. The Morgan fingerprint density at radius 1 is 1.26 bits per heavy atom. The van der Waals surface area contributed by atoms with Crippen molar-refractivity contribution >= 4 is 11.8 Å². The number of hydrogen-bond donors (Lipinski definition) is 2. The number of carbonyl (C=O) groups excluding carboxylic acids is 2. The van der Waals surface area contributed by atoms with Gasteiger partial charge >= 0.3 is 0 Å². The molecule has 0 aliphatic carbocycles. The molecule has 126 valence electrons. The zero-order valence-corrected chi connectivity index (χ0v) is 14.0. The third-order valence-electron chi connectivity index (χ3n) is 4.35. The molecular formula is C16H25N5O2. The van der Waals surface area contributed by atoms with Crippen molar-refractivity contribution < 1.29 is 9.59 Å². The fourth-order valence-electron chi connectivity index (χ4n) is 2.83. The van der Waals surface area contributed by atoms with Crippen LogP contribution < -0.4 is 11.1 Å². The van der Waals surface area contributed by atoms with Crippen molar-refractivity contribution in [3.8, 4) is 0 Å². The molecule has 2 atom stereocenters. The van der Waals surface area contributed by atoms with Crippen LogP contribution in [0.1, 0.15) is 42.9 Å². The molecule has 2 amide bonds. The Morgan fingerprint density at radius 3 is 2.35 bits per heavy atom. The van der Waals surface area contributed by atoms with Gasteiger partial charge in [0.1, 0.15) is 5.82 Å². The number of nitrogens with two attached hydrogens (primary N) is 1. The highest BCUT2D eigenvalue weighted by Gasteiger charge is 2.28. The zero-order valence-electron chi connectivity index (χ0n) is 14.0. The van der Waals surface area contributed by atoms with Crippen LogP contribution in [0.5, 0.6) is 0 Å². The third kappa shape index (κ3) is 4.48. The fourth-order valence-corrected chi connectivity index (χ4v) is 2.83. The predicted molar refractivity (Wildman–Crippen MR) is 86.7 cm³/mol. The van der Waals surface area contributed by atoms with Gasteiger partial charge in [0.2, 0.25) is 5.91 Å². The molecule has 7 heteroatoms. The van der Waals surface area contributed by atoms with E-state index in [4.69, 9.17) is 5.73 Å². The van der Waals surface area contributed by atoms with E-state index in [1.807, 2.05) is 11.8 Å². The number of carbonyl (C=O) groups is 2. The van der Waals surface area contributed by atoms with Crippen LogP contribution in [0.4, 0.5) is 0 Å². The van der Waals surface area contributed by atoms with Crippen molar-refractivity contribution in [2.24, 2.45) is 11.7 Å². The standard InChI is InChI=1S/C16H25N5O2/c1-10(17)16(23)21-6-4-13(5-7-21)11(2)20-15(22)14-8-18-12(3)19-9-14/h8-11,13H,4-7,17H2,1-3H3,(H,20,22). The molecule has 23 heavy (non-hydrogen) atoms. The van der Waals surface area contributed by atoms with Crippen molar-refractivity contribution in [3.63, 3.8) is 0 Å². The maximum atomic E-state index is 12.2. The molecular weight excluding hydrogens is 294 g/mol. The summed E-state index contributed by atoms with van der Waals surface area (Å²) in [5.41, 5.74) is 6.11. The molecule has 1 fully saturated rings. The minimum Gasteiger partial charge on any atom is -0.349 e. The molecule has 2 unspecified atom stereocenters. The quantitative estimate of drug-likeness (QED) is 0.841. The minimum absolute atomic E-state index is 0.00283. The molecule has 1 aliphatic rings. The number of amides is 2. The molecule has 1 aromatic heterocycles. The van der Waals surface area contributed by atoms with Crippen molar-refractivity contribution in [2.45, 2.75) is 45.7 Å². The van der Waals surface area contributed by atoms with E-state index in [-0.39, 0.29) is 17.9 Å². The van der Waals surface area contributed by atoms with Gasteiger partial charge < -0.3 is 16.0 Å². The number of nitrogens with zero attached hydrogens (tertiary/aromatic N) is 3. The number of aryl methyl sites for hydroxylation is 1. The van der Waals surface area contributed by atoms with Gasteiger partial charge in [0.25, 0.3) is 5.91 Å². The van der Waals surface area contributed by atoms with E-state index in [0.29, 0.717) is 30.4 Å². The molecule has 1 saturated heterocycles. The van der Waals surface area contributed by atoms with Crippen LogP contribution in [0.15, 0.2) is 12.4 Å². The van der Waals surface area contributed by atoms with Gasteiger partial charge in [-0.25, -0.2) is 9.97 Å². The van der Waals surface area contributed by atoms with Gasteiger partial charge in [-0.05, 0) is 39.5 Å². The lowest BCUT2D eigenvalue weighted by Gasteiger charge is -2.35. The molecule has 1 aliphatic heterocycles. The van der Waals surface area contributed by atoms with Crippen LogP contribution in [0.2, 0.25) is 0 Å². The van der Waals surface area contributed by atoms with Crippen LogP contribution in [0.25, 0.3) is 0 Å². The Balaban J connectivity index is 1.85. The Kier molecular flexibility index (Phi) is 5.65. The normalized spacial score (nSPS) is 18.3. The van der Waals surface area contributed by atoms with E-state index in [1.54, 1.807) is 13.8 Å². The first kappa shape index (κ1) is 17.3. The summed E-state index contributed by atoms with van der Waals surface area (Å²) in [6.45, 7) is 6.88. The van der Waals surface area contributed by atoms with Gasteiger partial charge in [0.15, 0.2) is 0 Å². The highest BCUT2D eigenvalue weighted by molar-refractivity contribution is 5.93. The molecule has 0 bridgehead atoms. The van der Waals surface area contributed by atoms with E-state index >= 15 is 0 Å². The first-order chi connectivity index (χ1) is 10.9. The molecule has 0 radical (unpaired) electrons. The fraction of sp³-hybridized carbons (Fsp3) is 0.625. The Bertz CT molecular complexity index is 550. The Labute approximate surface area is 136 Å². The lowest BCUT2D eigenvalue weighted by molar-refractivity contribution is -0.133. The van der Waals surface area contributed by atoms with E-state index in [0.717, 1.165) is 12.8 Å². The summed E-state index contributed by atoms with van der Waals surface area (Å²) in [5.74, 6) is 0.826. The van der Waals surface area contributed by atoms with Crippen LogP contribution in [-0.4, -0.2) is 51.9 Å². The summed E-state index contributed by atoms with van der Waals surface area (Å²) < 4.78 is 0. The van der Waals surface area contributed by atoms with Crippen LogP contribution in [-0.2, 0) is 4.79 Å². The number of piperidine rings is 1. The number of likely N-dealkylation sites (tertiary alicyclic amines) is 1. The minimum atomic E-state index is -0.454. The summed E-state index contributed by atoms with van der Waals surface area (Å²) in [6, 6.07) is -0.415. The molecule has 1 aromatic rings. The lowest BCUT2D eigenvalue weighted by atomic mass is 9.90. The number of hydrogen-bond acceptors (Lipinski definition) is 5. The van der Waals surface area contributed by atoms with Crippen molar-refractivity contribution in [1.82, 2.24) is 20.2 Å². The Morgan fingerprint density at radius 2 is 1.83 bits per heavy atom. The monoisotopic (exact) mass is 319 g/mol. The average molecular weight is 319 g/mol. The summed E-state index contributed by atoms with van der Waals surface area (Å²) in [5, 5.41) is 3.01. The predicted octanol–water partition coefficient (Wildman–Crippen LogP) is 0.489. The van der Waals surface area contributed by atoms with E-state index in [2.05, 4.69) is 15.3 Å². The van der Waals surface area contributed by atoms with Gasteiger partial charge in [0.05, 0.1) is 11.6 Å². The molecule has 3 N–H and O–H groups in total. The molecule has 7 nitrogen and oxygen atoms in total.